The molecule has 1 aromatic rings. The van der Waals surface area contributed by atoms with E-state index in [-0.39, 0.29) is 11.6 Å². The molecule has 0 fully saturated rings. The van der Waals surface area contributed by atoms with E-state index in [0.717, 1.165) is 10.4 Å². The molecule has 1 aromatic heterocycles. The molecule has 0 amide bonds. The van der Waals surface area contributed by atoms with Crippen molar-refractivity contribution in [3.63, 3.8) is 0 Å². The van der Waals surface area contributed by atoms with E-state index in [2.05, 4.69) is 0 Å². The van der Waals surface area contributed by atoms with E-state index in [0.29, 0.717) is 12.8 Å². The van der Waals surface area contributed by atoms with Gasteiger partial charge in [0.05, 0.1) is 4.88 Å². The maximum atomic E-state index is 11.4. The average Bonchev–Trinajstić information content (AvgIpc) is 2.47. The van der Waals surface area contributed by atoms with Crippen LogP contribution in [0.1, 0.15) is 35.0 Å². The molecular formula is C10H12O2S. The molecule has 0 bridgehead atoms. The highest BCUT2D eigenvalue weighted by Crippen LogP contribution is 2.16. The fraction of sp³-hybridized carbons (Fsp3) is 0.400. The Labute approximate surface area is 81.6 Å². The Balaban J connectivity index is 2.54. The van der Waals surface area contributed by atoms with E-state index in [9.17, 15) is 9.59 Å². The zero-order valence-corrected chi connectivity index (χ0v) is 8.61. The van der Waals surface area contributed by atoms with Crippen LogP contribution in [0.15, 0.2) is 11.4 Å². The lowest BCUT2D eigenvalue weighted by Gasteiger charge is -1.93. The third kappa shape index (κ3) is 3.11. The van der Waals surface area contributed by atoms with E-state index in [4.69, 9.17) is 0 Å². The van der Waals surface area contributed by atoms with Crippen molar-refractivity contribution in [1.82, 2.24) is 0 Å². The molecule has 3 heteroatoms. The predicted octanol–water partition coefficient (Wildman–Crippen LogP) is 2.61. The summed E-state index contributed by atoms with van der Waals surface area (Å²) in [5, 5.41) is 1.95. The van der Waals surface area contributed by atoms with E-state index < -0.39 is 0 Å². The van der Waals surface area contributed by atoms with Gasteiger partial charge in [-0.25, -0.2) is 0 Å². The van der Waals surface area contributed by atoms with Crippen LogP contribution in [0.3, 0.4) is 0 Å². The maximum Gasteiger partial charge on any atom is 0.173 e. The lowest BCUT2D eigenvalue weighted by atomic mass is 10.1. The van der Waals surface area contributed by atoms with Gasteiger partial charge in [0.1, 0.15) is 5.78 Å². The average molecular weight is 196 g/mol. The Morgan fingerprint density at radius 3 is 2.54 bits per heavy atom. The molecule has 2 nitrogen and oxygen atoms in total. The van der Waals surface area contributed by atoms with Crippen molar-refractivity contribution in [3.8, 4) is 0 Å². The third-order valence-electron chi connectivity index (χ3n) is 1.71. The second-order valence-electron chi connectivity index (χ2n) is 3.11. The number of hydrogen-bond donors (Lipinski definition) is 0. The first-order valence-corrected chi connectivity index (χ1v) is 5.05. The highest BCUT2D eigenvalue weighted by molar-refractivity contribution is 7.12. The summed E-state index contributed by atoms with van der Waals surface area (Å²) in [6, 6.07) is 1.87. The van der Waals surface area contributed by atoms with Gasteiger partial charge in [-0.05, 0) is 30.9 Å². The lowest BCUT2D eigenvalue weighted by molar-refractivity contribution is -0.116. The normalized spacial score (nSPS) is 10.0. The second-order valence-corrected chi connectivity index (χ2v) is 4.02. The SMILES string of the molecule is CC(=O)CCC(=O)c1cc(C)cs1. The Hall–Kier alpha value is -0.960. The minimum Gasteiger partial charge on any atom is -0.300 e. The van der Waals surface area contributed by atoms with Crippen molar-refractivity contribution < 1.29 is 9.59 Å². The Bertz CT molecular complexity index is 325. The fourth-order valence-electron chi connectivity index (χ4n) is 0.990. The molecule has 1 heterocycles. The van der Waals surface area contributed by atoms with Crippen LogP contribution in [0.5, 0.6) is 0 Å². The molecule has 0 radical (unpaired) electrons. The summed E-state index contributed by atoms with van der Waals surface area (Å²) in [7, 11) is 0. The Morgan fingerprint density at radius 1 is 1.38 bits per heavy atom. The first kappa shape index (κ1) is 10.1. The first-order valence-electron chi connectivity index (χ1n) is 4.17. The van der Waals surface area contributed by atoms with Crippen LogP contribution in [0.4, 0.5) is 0 Å². The van der Waals surface area contributed by atoms with Crippen molar-refractivity contribution in [2.75, 3.05) is 0 Å². The van der Waals surface area contributed by atoms with Gasteiger partial charge in [0.2, 0.25) is 0 Å². The number of carbonyl (C=O) groups is 2. The smallest absolute Gasteiger partial charge is 0.173 e. The molecule has 0 aromatic carbocycles. The van der Waals surface area contributed by atoms with Crippen LogP contribution in [-0.2, 0) is 4.79 Å². The molecule has 1 rings (SSSR count). The fourth-order valence-corrected chi connectivity index (χ4v) is 1.86. The van der Waals surface area contributed by atoms with E-state index >= 15 is 0 Å². The second kappa shape index (κ2) is 4.33. The molecule has 0 aliphatic carbocycles. The van der Waals surface area contributed by atoms with Crippen molar-refractivity contribution in [2.24, 2.45) is 0 Å². The van der Waals surface area contributed by atoms with Crippen LogP contribution in [0.25, 0.3) is 0 Å². The summed E-state index contributed by atoms with van der Waals surface area (Å²) < 4.78 is 0. The number of hydrogen-bond acceptors (Lipinski definition) is 3. The monoisotopic (exact) mass is 196 g/mol. The zero-order chi connectivity index (χ0) is 9.84. The predicted molar refractivity (Wildman–Crippen MR) is 53.3 cm³/mol. The number of rotatable bonds is 4. The standard InChI is InChI=1S/C10H12O2S/c1-7-5-10(13-6-7)9(12)4-3-8(2)11/h5-6H,3-4H2,1-2H3. The molecule has 0 aliphatic rings. The van der Waals surface area contributed by atoms with Gasteiger partial charge in [-0.1, -0.05) is 0 Å². The summed E-state index contributed by atoms with van der Waals surface area (Å²) in [5.41, 5.74) is 1.11. The molecule has 0 atom stereocenters. The highest BCUT2D eigenvalue weighted by atomic mass is 32.1. The van der Waals surface area contributed by atoms with Crippen LogP contribution in [0, 0.1) is 6.92 Å². The van der Waals surface area contributed by atoms with Gasteiger partial charge in [0, 0.05) is 12.8 Å². The summed E-state index contributed by atoms with van der Waals surface area (Å²) >= 11 is 1.45. The van der Waals surface area contributed by atoms with Gasteiger partial charge in [-0.15, -0.1) is 11.3 Å². The molecule has 0 unspecified atom stereocenters. The summed E-state index contributed by atoms with van der Waals surface area (Å²) in [6.45, 7) is 3.46. The van der Waals surface area contributed by atoms with Crippen molar-refractivity contribution in [3.05, 3.63) is 21.9 Å². The quantitative estimate of drug-likeness (QED) is 0.694. The van der Waals surface area contributed by atoms with Crippen LogP contribution >= 0.6 is 11.3 Å². The van der Waals surface area contributed by atoms with E-state index in [1.165, 1.54) is 18.3 Å². The summed E-state index contributed by atoms with van der Waals surface area (Å²) in [5.74, 6) is 0.148. The lowest BCUT2D eigenvalue weighted by Crippen LogP contribution is -1.99. The van der Waals surface area contributed by atoms with E-state index in [1.807, 2.05) is 18.4 Å². The van der Waals surface area contributed by atoms with Gasteiger partial charge in [0.15, 0.2) is 5.78 Å². The zero-order valence-electron chi connectivity index (χ0n) is 7.79. The summed E-state index contributed by atoms with van der Waals surface area (Å²) in [6.07, 6.45) is 0.699. The molecule has 70 valence electrons. The highest BCUT2D eigenvalue weighted by Gasteiger charge is 2.08. The minimum absolute atomic E-state index is 0.0710. The molecule has 0 N–H and O–H groups in total. The number of ketones is 2. The molecule has 0 saturated carbocycles. The topological polar surface area (TPSA) is 34.1 Å². The van der Waals surface area contributed by atoms with Gasteiger partial charge in [-0.2, -0.15) is 0 Å². The van der Waals surface area contributed by atoms with Crippen molar-refractivity contribution in [2.45, 2.75) is 26.7 Å². The summed E-state index contributed by atoms with van der Waals surface area (Å²) in [4.78, 5) is 22.8. The Morgan fingerprint density at radius 2 is 2.08 bits per heavy atom. The molecule has 0 spiro atoms. The minimum atomic E-state index is 0.0710. The maximum absolute atomic E-state index is 11.4. The molecule has 0 aliphatic heterocycles. The number of thiophene rings is 1. The van der Waals surface area contributed by atoms with Crippen LogP contribution in [-0.4, -0.2) is 11.6 Å². The van der Waals surface area contributed by atoms with Crippen LogP contribution < -0.4 is 0 Å². The molecule has 0 saturated heterocycles. The third-order valence-corrected chi connectivity index (χ3v) is 2.80. The number of aryl methyl sites for hydroxylation is 1. The van der Waals surface area contributed by atoms with Gasteiger partial charge < -0.3 is 4.79 Å². The molecular weight excluding hydrogens is 184 g/mol. The van der Waals surface area contributed by atoms with Crippen molar-refractivity contribution in [1.29, 1.82) is 0 Å². The van der Waals surface area contributed by atoms with Gasteiger partial charge >= 0.3 is 0 Å². The number of Topliss-reactive ketones (excluding diaryl/α,β-unsaturated/α-hetero) is 2. The van der Waals surface area contributed by atoms with Gasteiger partial charge in [-0.3, -0.25) is 4.79 Å². The largest absolute Gasteiger partial charge is 0.300 e. The first-order chi connectivity index (χ1) is 6.09. The van der Waals surface area contributed by atoms with Crippen molar-refractivity contribution >= 4 is 22.9 Å². The van der Waals surface area contributed by atoms with E-state index in [1.54, 1.807) is 0 Å². The van der Waals surface area contributed by atoms with Gasteiger partial charge in [0.25, 0.3) is 0 Å². The molecule has 13 heavy (non-hydrogen) atoms. The Kier molecular flexibility index (Phi) is 3.37. The van der Waals surface area contributed by atoms with Crippen LogP contribution in [0.2, 0.25) is 0 Å². The number of carbonyl (C=O) groups excluding carboxylic acids is 2.